The second-order valence-electron chi connectivity index (χ2n) is 8.09. The van der Waals surface area contributed by atoms with Gasteiger partial charge in [0.15, 0.2) is 0 Å². The van der Waals surface area contributed by atoms with Gasteiger partial charge in [0.05, 0.1) is 0 Å². The molecule has 148 valence electrons. The van der Waals surface area contributed by atoms with Crippen LogP contribution in [0, 0.1) is 25.7 Å². The minimum Gasteiger partial charge on any atom is -0.341 e. The molecule has 4 heteroatoms. The van der Waals surface area contributed by atoms with Crippen LogP contribution in [-0.2, 0) is 16.1 Å². The second kappa shape index (κ2) is 9.05. The molecule has 2 amide bonds. The summed E-state index contributed by atoms with van der Waals surface area (Å²) in [4.78, 5) is 27.2. The van der Waals surface area contributed by atoms with Crippen LogP contribution < -0.4 is 5.32 Å². The molecular formula is C24H30N2O2. The maximum atomic E-state index is 12.8. The van der Waals surface area contributed by atoms with E-state index in [9.17, 15) is 9.59 Å². The number of nitrogens with one attached hydrogen (secondary N) is 1. The SMILES string of the molecule is Cc1cc(C)cc(NC(=O)C2CCC(C(=O)N(C)Cc3ccccc3)CC2)c1. The number of anilines is 1. The minimum absolute atomic E-state index is 0.00991. The highest BCUT2D eigenvalue weighted by atomic mass is 16.2. The van der Waals surface area contributed by atoms with Crippen LogP contribution in [0.3, 0.4) is 0 Å². The zero-order valence-electron chi connectivity index (χ0n) is 17.1. The third-order valence-corrected chi connectivity index (χ3v) is 5.58. The van der Waals surface area contributed by atoms with Crippen molar-refractivity contribution in [3.63, 3.8) is 0 Å². The van der Waals surface area contributed by atoms with Crippen molar-refractivity contribution >= 4 is 17.5 Å². The highest BCUT2D eigenvalue weighted by molar-refractivity contribution is 5.93. The molecule has 1 aliphatic rings. The van der Waals surface area contributed by atoms with E-state index in [1.54, 1.807) is 0 Å². The lowest BCUT2D eigenvalue weighted by Gasteiger charge is -2.30. The van der Waals surface area contributed by atoms with Crippen LogP contribution in [0.4, 0.5) is 5.69 Å². The summed E-state index contributed by atoms with van der Waals surface area (Å²) in [5, 5.41) is 3.06. The van der Waals surface area contributed by atoms with Crippen molar-refractivity contribution in [3.8, 4) is 0 Å². The Morgan fingerprint density at radius 1 is 0.929 bits per heavy atom. The molecule has 0 saturated heterocycles. The van der Waals surface area contributed by atoms with E-state index in [1.165, 1.54) is 0 Å². The third-order valence-electron chi connectivity index (χ3n) is 5.58. The quantitative estimate of drug-likeness (QED) is 0.819. The standard InChI is InChI=1S/C24H30N2O2/c1-17-13-18(2)15-22(14-17)25-23(27)20-9-11-21(12-10-20)24(28)26(3)16-19-7-5-4-6-8-19/h4-8,13-15,20-21H,9-12,16H2,1-3H3,(H,25,27). The first-order chi connectivity index (χ1) is 13.4. The summed E-state index contributed by atoms with van der Waals surface area (Å²) in [7, 11) is 1.87. The molecule has 0 bridgehead atoms. The van der Waals surface area contributed by atoms with Gasteiger partial charge in [-0.25, -0.2) is 0 Å². The second-order valence-corrected chi connectivity index (χ2v) is 8.09. The average molecular weight is 379 g/mol. The Balaban J connectivity index is 1.50. The average Bonchev–Trinajstić information content (AvgIpc) is 2.67. The number of hydrogen-bond acceptors (Lipinski definition) is 2. The first kappa shape index (κ1) is 20.1. The molecule has 4 nitrogen and oxygen atoms in total. The van der Waals surface area contributed by atoms with Gasteiger partial charge >= 0.3 is 0 Å². The van der Waals surface area contributed by atoms with Gasteiger partial charge in [-0.2, -0.15) is 0 Å². The molecule has 0 aliphatic heterocycles. The number of rotatable bonds is 5. The minimum atomic E-state index is -0.00991. The largest absolute Gasteiger partial charge is 0.341 e. The lowest BCUT2D eigenvalue weighted by atomic mass is 9.81. The number of nitrogens with zero attached hydrogens (tertiary/aromatic N) is 1. The van der Waals surface area contributed by atoms with E-state index in [4.69, 9.17) is 0 Å². The topological polar surface area (TPSA) is 49.4 Å². The van der Waals surface area contributed by atoms with Crippen LogP contribution in [0.1, 0.15) is 42.4 Å². The zero-order valence-corrected chi connectivity index (χ0v) is 17.1. The molecule has 1 N–H and O–H groups in total. The molecule has 2 aromatic rings. The lowest BCUT2D eigenvalue weighted by molar-refractivity contribution is -0.137. The maximum Gasteiger partial charge on any atom is 0.227 e. The molecule has 1 aliphatic carbocycles. The molecule has 3 rings (SSSR count). The summed E-state index contributed by atoms with van der Waals surface area (Å²) in [5.74, 6) is 0.286. The van der Waals surface area contributed by atoms with Crippen molar-refractivity contribution in [1.82, 2.24) is 4.90 Å². The molecule has 0 unspecified atom stereocenters. The maximum absolute atomic E-state index is 12.8. The molecule has 0 heterocycles. The molecule has 1 saturated carbocycles. The molecular weight excluding hydrogens is 348 g/mol. The van der Waals surface area contributed by atoms with Crippen LogP contribution in [0.2, 0.25) is 0 Å². The van der Waals surface area contributed by atoms with Crippen molar-refractivity contribution in [2.24, 2.45) is 11.8 Å². The Morgan fingerprint density at radius 3 is 2.11 bits per heavy atom. The molecule has 0 spiro atoms. The predicted octanol–water partition coefficient (Wildman–Crippen LogP) is 4.71. The number of carbonyl (C=O) groups excluding carboxylic acids is 2. The predicted molar refractivity (Wildman–Crippen MR) is 113 cm³/mol. The Morgan fingerprint density at radius 2 is 1.50 bits per heavy atom. The van der Waals surface area contributed by atoms with Gasteiger partial charge in [-0.05, 0) is 68.4 Å². The van der Waals surface area contributed by atoms with E-state index in [0.717, 1.165) is 48.1 Å². The summed E-state index contributed by atoms with van der Waals surface area (Å²) in [6, 6.07) is 16.1. The summed E-state index contributed by atoms with van der Waals surface area (Å²) >= 11 is 0. The third kappa shape index (κ3) is 5.22. The lowest BCUT2D eigenvalue weighted by Crippen LogP contribution is -2.36. The van der Waals surface area contributed by atoms with Crippen LogP contribution in [0.5, 0.6) is 0 Å². The molecule has 0 radical (unpaired) electrons. The van der Waals surface area contributed by atoms with Gasteiger partial charge in [-0.1, -0.05) is 36.4 Å². The van der Waals surface area contributed by atoms with E-state index in [1.807, 2.05) is 68.3 Å². The Bertz CT molecular complexity index is 804. The fourth-order valence-electron chi connectivity index (χ4n) is 4.14. The molecule has 0 atom stereocenters. The van der Waals surface area contributed by atoms with Crippen molar-refractivity contribution < 1.29 is 9.59 Å². The van der Waals surface area contributed by atoms with Crippen molar-refractivity contribution in [2.75, 3.05) is 12.4 Å². The number of hydrogen-bond donors (Lipinski definition) is 1. The normalized spacial score (nSPS) is 19.1. The van der Waals surface area contributed by atoms with E-state index >= 15 is 0 Å². The van der Waals surface area contributed by atoms with E-state index in [2.05, 4.69) is 11.4 Å². The van der Waals surface area contributed by atoms with E-state index in [-0.39, 0.29) is 23.7 Å². The Hall–Kier alpha value is -2.62. The van der Waals surface area contributed by atoms with Gasteiger partial charge in [0.1, 0.15) is 0 Å². The smallest absolute Gasteiger partial charge is 0.227 e. The molecule has 2 aromatic carbocycles. The molecule has 28 heavy (non-hydrogen) atoms. The Labute approximate surface area is 167 Å². The molecule has 1 fully saturated rings. The van der Waals surface area contributed by atoms with Gasteiger partial charge in [0.2, 0.25) is 11.8 Å². The Kier molecular flexibility index (Phi) is 6.50. The van der Waals surface area contributed by atoms with E-state index in [0.29, 0.717) is 6.54 Å². The first-order valence-corrected chi connectivity index (χ1v) is 10.1. The summed E-state index contributed by atoms with van der Waals surface area (Å²) < 4.78 is 0. The van der Waals surface area contributed by atoms with Gasteiger partial charge in [0.25, 0.3) is 0 Å². The van der Waals surface area contributed by atoms with Gasteiger partial charge in [-0.15, -0.1) is 0 Å². The zero-order chi connectivity index (χ0) is 20.1. The highest BCUT2D eigenvalue weighted by Crippen LogP contribution is 2.31. The number of carbonyl (C=O) groups is 2. The van der Waals surface area contributed by atoms with Gasteiger partial charge < -0.3 is 10.2 Å². The molecule has 0 aromatic heterocycles. The van der Waals surface area contributed by atoms with Crippen LogP contribution in [0.25, 0.3) is 0 Å². The highest BCUT2D eigenvalue weighted by Gasteiger charge is 2.31. The van der Waals surface area contributed by atoms with Gasteiger partial charge in [0, 0.05) is 31.1 Å². The van der Waals surface area contributed by atoms with Crippen LogP contribution in [-0.4, -0.2) is 23.8 Å². The fraction of sp³-hybridized carbons (Fsp3) is 0.417. The summed E-state index contributed by atoms with van der Waals surface area (Å²) in [5.41, 5.74) is 4.29. The van der Waals surface area contributed by atoms with Crippen LogP contribution in [0.15, 0.2) is 48.5 Å². The fourth-order valence-corrected chi connectivity index (χ4v) is 4.14. The summed E-state index contributed by atoms with van der Waals surface area (Å²) in [6.45, 7) is 4.70. The number of aryl methyl sites for hydroxylation is 2. The first-order valence-electron chi connectivity index (χ1n) is 10.1. The number of benzene rings is 2. The van der Waals surface area contributed by atoms with Crippen molar-refractivity contribution in [1.29, 1.82) is 0 Å². The number of amides is 2. The van der Waals surface area contributed by atoms with Crippen molar-refractivity contribution in [2.45, 2.75) is 46.1 Å². The van der Waals surface area contributed by atoms with Gasteiger partial charge in [-0.3, -0.25) is 9.59 Å². The van der Waals surface area contributed by atoms with E-state index < -0.39 is 0 Å². The summed E-state index contributed by atoms with van der Waals surface area (Å²) in [6.07, 6.45) is 3.10. The van der Waals surface area contributed by atoms with Crippen LogP contribution >= 0.6 is 0 Å². The van der Waals surface area contributed by atoms with Crippen molar-refractivity contribution in [3.05, 3.63) is 65.2 Å². The monoisotopic (exact) mass is 378 g/mol.